The van der Waals surface area contributed by atoms with E-state index < -0.39 is 0 Å². The van der Waals surface area contributed by atoms with Crippen molar-refractivity contribution in [3.05, 3.63) is 58.7 Å². The SMILES string of the molecule is N#Cc1ccc(C(=O)NCc2noc(-c3cccs3)n2)cc1. The molecule has 6 nitrogen and oxygen atoms in total. The molecule has 1 aromatic carbocycles. The van der Waals surface area contributed by atoms with Gasteiger partial charge in [0.2, 0.25) is 0 Å². The number of nitriles is 1. The van der Waals surface area contributed by atoms with E-state index in [-0.39, 0.29) is 12.5 Å². The van der Waals surface area contributed by atoms with Crippen LogP contribution in [0.4, 0.5) is 0 Å². The number of nitrogens with zero attached hydrogens (tertiary/aromatic N) is 3. The highest BCUT2D eigenvalue weighted by Crippen LogP contribution is 2.22. The zero-order valence-electron chi connectivity index (χ0n) is 11.3. The molecule has 0 saturated heterocycles. The fraction of sp³-hybridized carbons (Fsp3) is 0.0667. The van der Waals surface area contributed by atoms with Crippen molar-refractivity contribution >= 4 is 17.2 Å². The van der Waals surface area contributed by atoms with Crippen molar-refractivity contribution in [3.8, 4) is 16.8 Å². The number of thiophene rings is 1. The second-order valence-corrected chi connectivity index (χ2v) is 5.31. The molecule has 0 saturated carbocycles. The standard InChI is InChI=1S/C15H10N4O2S/c16-8-10-3-5-11(6-4-10)14(20)17-9-13-18-15(21-19-13)12-2-1-7-22-12/h1-7H,9H2,(H,17,20). The van der Waals surface area contributed by atoms with Crippen LogP contribution in [0.15, 0.2) is 46.3 Å². The van der Waals surface area contributed by atoms with E-state index in [1.54, 1.807) is 24.3 Å². The minimum absolute atomic E-state index is 0.174. The molecule has 1 amide bonds. The first-order chi connectivity index (χ1) is 10.8. The second kappa shape index (κ2) is 6.20. The monoisotopic (exact) mass is 310 g/mol. The molecular formula is C15H10N4O2S. The molecule has 0 bridgehead atoms. The molecule has 7 heteroatoms. The Bertz CT molecular complexity index is 816. The summed E-state index contributed by atoms with van der Waals surface area (Å²) in [5, 5.41) is 17.2. The molecule has 1 N–H and O–H groups in total. The van der Waals surface area contributed by atoms with E-state index in [1.807, 2.05) is 23.6 Å². The van der Waals surface area contributed by atoms with E-state index in [9.17, 15) is 4.79 Å². The van der Waals surface area contributed by atoms with Crippen molar-refractivity contribution in [1.82, 2.24) is 15.5 Å². The average molecular weight is 310 g/mol. The maximum atomic E-state index is 12.0. The van der Waals surface area contributed by atoms with E-state index in [0.29, 0.717) is 22.8 Å². The van der Waals surface area contributed by atoms with E-state index in [0.717, 1.165) is 4.88 Å². The quantitative estimate of drug-likeness (QED) is 0.799. The Morgan fingerprint density at radius 3 is 2.82 bits per heavy atom. The zero-order chi connectivity index (χ0) is 15.4. The third-order valence-electron chi connectivity index (χ3n) is 2.88. The summed E-state index contributed by atoms with van der Waals surface area (Å²) in [6, 6.07) is 12.2. The normalized spacial score (nSPS) is 10.1. The summed E-state index contributed by atoms with van der Waals surface area (Å²) >= 11 is 1.50. The van der Waals surface area contributed by atoms with E-state index in [4.69, 9.17) is 9.78 Å². The largest absolute Gasteiger partial charge is 0.345 e. The van der Waals surface area contributed by atoms with Crippen molar-refractivity contribution in [2.24, 2.45) is 0 Å². The van der Waals surface area contributed by atoms with Crippen molar-refractivity contribution in [1.29, 1.82) is 5.26 Å². The third-order valence-corrected chi connectivity index (χ3v) is 3.74. The van der Waals surface area contributed by atoms with Gasteiger partial charge in [0, 0.05) is 5.56 Å². The van der Waals surface area contributed by atoms with Crippen LogP contribution in [0.5, 0.6) is 0 Å². The van der Waals surface area contributed by atoms with Crippen LogP contribution in [0.25, 0.3) is 10.8 Å². The van der Waals surface area contributed by atoms with Gasteiger partial charge in [0.1, 0.15) is 0 Å². The molecule has 0 aliphatic rings. The first kappa shape index (κ1) is 14.0. The maximum Gasteiger partial charge on any atom is 0.268 e. The Morgan fingerprint density at radius 1 is 1.32 bits per heavy atom. The molecule has 0 fully saturated rings. The van der Waals surface area contributed by atoms with Gasteiger partial charge >= 0.3 is 0 Å². The van der Waals surface area contributed by atoms with Crippen molar-refractivity contribution in [2.75, 3.05) is 0 Å². The van der Waals surface area contributed by atoms with Gasteiger partial charge in [-0.05, 0) is 35.7 Å². The average Bonchev–Trinajstić information content (AvgIpc) is 3.23. The number of hydrogen-bond acceptors (Lipinski definition) is 6. The zero-order valence-corrected chi connectivity index (χ0v) is 12.1. The Kier molecular flexibility index (Phi) is 3.94. The maximum absolute atomic E-state index is 12.0. The molecule has 0 aliphatic heterocycles. The molecule has 0 radical (unpaired) electrons. The first-order valence-electron chi connectivity index (χ1n) is 6.41. The van der Waals surface area contributed by atoms with E-state index in [1.165, 1.54) is 11.3 Å². The first-order valence-corrected chi connectivity index (χ1v) is 7.29. The predicted molar refractivity (Wildman–Crippen MR) is 79.9 cm³/mol. The molecule has 2 aromatic heterocycles. The van der Waals surface area contributed by atoms with Gasteiger partial charge in [0.05, 0.1) is 23.1 Å². The number of rotatable bonds is 4. The highest BCUT2D eigenvalue weighted by atomic mass is 32.1. The van der Waals surface area contributed by atoms with Crippen LogP contribution in [-0.2, 0) is 6.54 Å². The van der Waals surface area contributed by atoms with Gasteiger partial charge in [0.25, 0.3) is 11.8 Å². The minimum atomic E-state index is -0.257. The highest BCUT2D eigenvalue weighted by Gasteiger charge is 2.11. The second-order valence-electron chi connectivity index (χ2n) is 4.36. The van der Waals surface area contributed by atoms with Crippen molar-refractivity contribution < 1.29 is 9.32 Å². The van der Waals surface area contributed by atoms with Gasteiger partial charge in [-0.25, -0.2) is 0 Å². The van der Waals surface area contributed by atoms with Crippen LogP contribution < -0.4 is 5.32 Å². The van der Waals surface area contributed by atoms with Gasteiger partial charge < -0.3 is 9.84 Å². The van der Waals surface area contributed by atoms with Crippen LogP contribution in [0.1, 0.15) is 21.7 Å². The Morgan fingerprint density at radius 2 is 2.14 bits per heavy atom. The molecule has 0 atom stereocenters. The summed E-state index contributed by atoms with van der Waals surface area (Å²) in [5.41, 5.74) is 0.983. The lowest BCUT2D eigenvalue weighted by atomic mass is 10.1. The topological polar surface area (TPSA) is 91.8 Å². The lowest BCUT2D eigenvalue weighted by Crippen LogP contribution is -2.23. The summed E-state index contributed by atoms with van der Waals surface area (Å²) < 4.78 is 5.14. The van der Waals surface area contributed by atoms with Crippen molar-refractivity contribution in [2.45, 2.75) is 6.54 Å². The molecule has 0 spiro atoms. The number of carbonyl (C=O) groups excluding carboxylic acids is 1. The van der Waals surface area contributed by atoms with Gasteiger partial charge in [-0.15, -0.1) is 11.3 Å². The van der Waals surface area contributed by atoms with Crippen LogP contribution in [0, 0.1) is 11.3 Å². The summed E-state index contributed by atoms with van der Waals surface area (Å²) in [7, 11) is 0. The summed E-state index contributed by atoms with van der Waals surface area (Å²) in [6.07, 6.45) is 0. The van der Waals surface area contributed by atoms with Crippen LogP contribution >= 0.6 is 11.3 Å². The highest BCUT2D eigenvalue weighted by molar-refractivity contribution is 7.13. The smallest absolute Gasteiger partial charge is 0.268 e. The summed E-state index contributed by atoms with van der Waals surface area (Å²) in [5.74, 6) is 0.593. The number of amides is 1. The molecule has 108 valence electrons. The van der Waals surface area contributed by atoms with E-state index in [2.05, 4.69) is 15.5 Å². The third kappa shape index (κ3) is 3.02. The molecule has 22 heavy (non-hydrogen) atoms. The molecule has 3 rings (SSSR count). The fourth-order valence-electron chi connectivity index (χ4n) is 1.78. The molecular weight excluding hydrogens is 300 g/mol. The van der Waals surface area contributed by atoms with Crippen molar-refractivity contribution in [3.63, 3.8) is 0 Å². The van der Waals surface area contributed by atoms with Gasteiger partial charge in [-0.3, -0.25) is 4.79 Å². The number of hydrogen-bond donors (Lipinski definition) is 1. The van der Waals surface area contributed by atoms with Crippen LogP contribution in [0.3, 0.4) is 0 Å². The fourth-order valence-corrected chi connectivity index (χ4v) is 2.43. The number of aromatic nitrogens is 2. The van der Waals surface area contributed by atoms with Gasteiger partial charge in [-0.2, -0.15) is 10.2 Å². The summed E-state index contributed by atoms with van der Waals surface area (Å²) in [6.45, 7) is 0.174. The van der Waals surface area contributed by atoms with Gasteiger partial charge in [-0.1, -0.05) is 11.2 Å². The Hall–Kier alpha value is -2.98. The number of benzene rings is 1. The summed E-state index contributed by atoms with van der Waals surface area (Å²) in [4.78, 5) is 17.1. The number of carbonyl (C=O) groups is 1. The Labute approximate surface area is 130 Å². The number of nitrogens with one attached hydrogen (secondary N) is 1. The predicted octanol–water partition coefficient (Wildman–Crippen LogP) is 2.60. The molecule has 0 unspecified atom stereocenters. The van der Waals surface area contributed by atoms with Crippen LogP contribution in [0.2, 0.25) is 0 Å². The molecule has 3 aromatic rings. The Balaban J connectivity index is 1.62. The lowest BCUT2D eigenvalue weighted by molar-refractivity contribution is 0.0949. The lowest BCUT2D eigenvalue weighted by Gasteiger charge is -2.02. The van der Waals surface area contributed by atoms with Gasteiger partial charge in [0.15, 0.2) is 5.82 Å². The van der Waals surface area contributed by atoms with E-state index >= 15 is 0 Å². The molecule has 0 aliphatic carbocycles. The minimum Gasteiger partial charge on any atom is -0.345 e. The van der Waals surface area contributed by atoms with Crippen LogP contribution in [-0.4, -0.2) is 16.0 Å². The molecule has 2 heterocycles.